The summed E-state index contributed by atoms with van der Waals surface area (Å²) in [7, 11) is 0. The number of nitrogens with one attached hydrogen (secondary N) is 1. The van der Waals surface area contributed by atoms with Gasteiger partial charge in [-0.3, -0.25) is 9.78 Å². The molecule has 1 N–H and O–H groups in total. The highest BCUT2D eigenvalue weighted by molar-refractivity contribution is 6.42. The molecule has 3 rings (SSSR count). The first-order valence-corrected chi connectivity index (χ1v) is 9.22. The molecule has 1 aromatic carbocycles. The van der Waals surface area contributed by atoms with Crippen LogP contribution in [0.15, 0.2) is 36.7 Å². The smallest absolute Gasteiger partial charge is 0.221 e. The maximum Gasteiger partial charge on any atom is 0.221 e. The summed E-state index contributed by atoms with van der Waals surface area (Å²) in [6.45, 7) is 4.41. The van der Waals surface area contributed by atoms with Gasteiger partial charge in [0.25, 0.3) is 0 Å². The Bertz CT molecular complexity index is 922. The van der Waals surface area contributed by atoms with Crippen LogP contribution >= 0.6 is 23.2 Å². The van der Waals surface area contributed by atoms with Crippen LogP contribution in [0.5, 0.6) is 0 Å². The number of carbonyl (C=O) groups is 1. The molecule has 136 valence electrons. The molecule has 0 aliphatic rings. The van der Waals surface area contributed by atoms with E-state index in [1.807, 2.05) is 36.7 Å². The van der Waals surface area contributed by atoms with Crippen LogP contribution in [0.1, 0.15) is 31.7 Å². The monoisotopic (exact) mass is 390 g/mol. The molecular weight excluding hydrogens is 371 g/mol. The summed E-state index contributed by atoms with van der Waals surface area (Å²) >= 11 is 12.3. The molecule has 0 spiro atoms. The number of hydrogen-bond acceptors (Lipinski definition) is 3. The number of fused-ring (bicyclic) bond motifs is 1. The van der Waals surface area contributed by atoms with E-state index in [4.69, 9.17) is 28.2 Å². The van der Waals surface area contributed by atoms with Crippen molar-refractivity contribution in [2.75, 3.05) is 0 Å². The molecule has 0 radical (unpaired) electrons. The largest absolute Gasteiger partial charge is 0.354 e. The van der Waals surface area contributed by atoms with Crippen molar-refractivity contribution in [2.24, 2.45) is 0 Å². The lowest BCUT2D eigenvalue weighted by molar-refractivity contribution is -0.121. The Labute approximate surface area is 162 Å². The molecule has 0 saturated heterocycles. The van der Waals surface area contributed by atoms with Crippen LogP contribution < -0.4 is 5.32 Å². The zero-order valence-corrected chi connectivity index (χ0v) is 16.2. The number of rotatable bonds is 6. The summed E-state index contributed by atoms with van der Waals surface area (Å²) in [5.41, 5.74) is 2.69. The van der Waals surface area contributed by atoms with Gasteiger partial charge in [0.2, 0.25) is 5.91 Å². The lowest BCUT2D eigenvalue weighted by Gasteiger charge is -2.11. The lowest BCUT2D eigenvalue weighted by Crippen LogP contribution is -2.30. The third-order valence-electron chi connectivity index (χ3n) is 3.97. The molecule has 1 amide bonds. The van der Waals surface area contributed by atoms with E-state index in [1.165, 1.54) is 0 Å². The van der Waals surface area contributed by atoms with E-state index in [9.17, 15) is 4.79 Å². The molecule has 0 fully saturated rings. The normalized spacial score (nSPS) is 11.3. The van der Waals surface area contributed by atoms with Crippen molar-refractivity contribution in [3.63, 3.8) is 0 Å². The maximum atomic E-state index is 12.1. The highest BCUT2D eigenvalue weighted by atomic mass is 35.5. The molecule has 7 heteroatoms. The number of pyridine rings is 1. The Kier molecular flexibility index (Phi) is 5.79. The van der Waals surface area contributed by atoms with Gasteiger partial charge in [0, 0.05) is 37.8 Å². The second-order valence-corrected chi connectivity index (χ2v) is 7.26. The van der Waals surface area contributed by atoms with Crippen LogP contribution in [-0.4, -0.2) is 26.5 Å². The Morgan fingerprint density at radius 3 is 2.73 bits per heavy atom. The summed E-state index contributed by atoms with van der Waals surface area (Å²) in [5, 5.41) is 3.85. The summed E-state index contributed by atoms with van der Waals surface area (Å²) in [5.74, 6) is 0.859. The SMILES string of the molecule is CC(C)NC(=O)CCn1c(Cc2cccnc2)nc2cc(Cl)c(Cl)cc21. The topological polar surface area (TPSA) is 59.8 Å². The molecule has 5 nitrogen and oxygen atoms in total. The zero-order valence-electron chi connectivity index (χ0n) is 14.7. The van der Waals surface area contributed by atoms with Gasteiger partial charge in [-0.05, 0) is 37.6 Å². The Balaban J connectivity index is 1.95. The first-order chi connectivity index (χ1) is 12.4. The Hall–Kier alpha value is -2.11. The molecule has 3 aromatic rings. The van der Waals surface area contributed by atoms with E-state index in [-0.39, 0.29) is 11.9 Å². The van der Waals surface area contributed by atoms with Crippen molar-refractivity contribution in [3.8, 4) is 0 Å². The molecule has 0 bridgehead atoms. The number of hydrogen-bond donors (Lipinski definition) is 1. The number of aryl methyl sites for hydroxylation is 1. The summed E-state index contributed by atoms with van der Waals surface area (Å²) in [4.78, 5) is 20.9. The van der Waals surface area contributed by atoms with Gasteiger partial charge in [0.05, 0.1) is 21.1 Å². The highest BCUT2D eigenvalue weighted by Gasteiger charge is 2.15. The molecule has 26 heavy (non-hydrogen) atoms. The van der Waals surface area contributed by atoms with Crippen LogP contribution in [-0.2, 0) is 17.8 Å². The van der Waals surface area contributed by atoms with Gasteiger partial charge >= 0.3 is 0 Å². The molecule has 2 heterocycles. The van der Waals surface area contributed by atoms with Crippen LogP contribution in [0, 0.1) is 0 Å². The average Bonchev–Trinajstić information content (AvgIpc) is 2.90. The van der Waals surface area contributed by atoms with E-state index in [2.05, 4.69) is 10.3 Å². The van der Waals surface area contributed by atoms with Gasteiger partial charge in [-0.15, -0.1) is 0 Å². The minimum atomic E-state index is 0.00855. The van der Waals surface area contributed by atoms with Gasteiger partial charge in [-0.2, -0.15) is 0 Å². The third kappa shape index (κ3) is 4.34. The number of carbonyl (C=O) groups excluding carboxylic acids is 1. The minimum Gasteiger partial charge on any atom is -0.354 e. The Morgan fingerprint density at radius 1 is 1.27 bits per heavy atom. The first-order valence-electron chi connectivity index (χ1n) is 8.46. The van der Waals surface area contributed by atoms with Crippen molar-refractivity contribution >= 4 is 40.1 Å². The zero-order chi connectivity index (χ0) is 18.7. The van der Waals surface area contributed by atoms with Crippen molar-refractivity contribution < 1.29 is 4.79 Å². The number of aromatic nitrogens is 3. The quantitative estimate of drug-likeness (QED) is 0.684. The fourth-order valence-electron chi connectivity index (χ4n) is 2.85. The molecule has 0 aliphatic heterocycles. The van der Waals surface area contributed by atoms with E-state index >= 15 is 0 Å². The summed E-state index contributed by atoms with van der Waals surface area (Å²) in [6.07, 6.45) is 4.53. The van der Waals surface area contributed by atoms with Gasteiger partial charge in [-0.25, -0.2) is 4.98 Å². The van der Waals surface area contributed by atoms with Gasteiger partial charge in [0.15, 0.2) is 0 Å². The van der Waals surface area contributed by atoms with Crippen LogP contribution in [0.4, 0.5) is 0 Å². The number of benzene rings is 1. The van der Waals surface area contributed by atoms with Crippen LogP contribution in [0.3, 0.4) is 0 Å². The number of halogens is 2. The summed E-state index contributed by atoms with van der Waals surface area (Å²) < 4.78 is 2.03. The molecule has 0 unspecified atom stereocenters. The molecule has 0 saturated carbocycles. The Morgan fingerprint density at radius 2 is 2.04 bits per heavy atom. The minimum absolute atomic E-state index is 0.00855. The second-order valence-electron chi connectivity index (χ2n) is 6.44. The van der Waals surface area contributed by atoms with Crippen molar-refractivity contribution in [2.45, 2.75) is 39.3 Å². The van der Waals surface area contributed by atoms with Gasteiger partial charge in [-0.1, -0.05) is 29.3 Å². The van der Waals surface area contributed by atoms with E-state index < -0.39 is 0 Å². The average molecular weight is 391 g/mol. The maximum absolute atomic E-state index is 12.1. The van der Waals surface area contributed by atoms with Gasteiger partial charge < -0.3 is 9.88 Å². The lowest BCUT2D eigenvalue weighted by atomic mass is 10.2. The number of imidazole rings is 1. The van der Waals surface area contributed by atoms with E-state index in [0.29, 0.717) is 29.4 Å². The molecular formula is C19H20Cl2N4O. The predicted molar refractivity (Wildman–Crippen MR) is 105 cm³/mol. The molecule has 0 atom stereocenters. The van der Waals surface area contributed by atoms with Crippen LogP contribution in [0.2, 0.25) is 10.0 Å². The van der Waals surface area contributed by atoms with Crippen LogP contribution in [0.25, 0.3) is 11.0 Å². The fourth-order valence-corrected chi connectivity index (χ4v) is 3.16. The second kappa shape index (κ2) is 8.06. The predicted octanol–water partition coefficient (Wildman–Crippen LogP) is 4.24. The fraction of sp³-hybridized carbons (Fsp3) is 0.316. The summed E-state index contributed by atoms with van der Waals surface area (Å²) in [6, 6.07) is 7.58. The van der Waals surface area contributed by atoms with E-state index in [1.54, 1.807) is 18.3 Å². The highest BCUT2D eigenvalue weighted by Crippen LogP contribution is 2.29. The third-order valence-corrected chi connectivity index (χ3v) is 4.69. The van der Waals surface area contributed by atoms with E-state index in [0.717, 1.165) is 22.4 Å². The molecule has 0 aliphatic carbocycles. The molecule has 2 aromatic heterocycles. The van der Waals surface area contributed by atoms with Crippen molar-refractivity contribution in [1.29, 1.82) is 0 Å². The van der Waals surface area contributed by atoms with Crippen molar-refractivity contribution in [3.05, 3.63) is 58.1 Å². The number of nitrogens with zero attached hydrogens (tertiary/aromatic N) is 3. The van der Waals surface area contributed by atoms with Gasteiger partial charge in [0.1, 0.15) is 5.82 Å². The standard InChI is InChI=1S/C19H20Cl2N4O/c1-12(2)23-19(26)5-7-25-17-10-15(21)14(20)9-16(17)24-18(25)8-13-4-3-6-22-11-13/h3-4,6,9-12H,5,7-8H2,1-2H3,(H,23,26). The number of amides is 1. The first kappa shape index (κ1) is 18.7. The van der Waals surface area contributed by atoms with Crippen molar-refractivity contribution in [1.82, 2.24) is 19.9 Å².